The molecule has 0 N–H and O–H groups in total. The van der Waals surface area contributed by atoms with Gasteiger partial charge in [0.05, 0.1) is 23.2 Å². The van der Waals surface area contributed by atoms with E-state index < -0.39 is 11.7 Å². The Hall–Kier alpha value is -2.46. The number of furan rings is 1. The molecule has 1 aromatic heterocycles. The number of benzene rings is 1. The zero-order valence-corrected chi connectivity index (χ0v) is 13.6. The first kappa shape index (κ1) is 17.4. The molecule has 0 spiro atoms. The Morgan fingerprint density at radius 2 is 2.12 bits per heavy atom. The minimum Gasteiger partial charge on any atom is -0.461 e. The summed E-state index contributed by atoms with van der Waals surface area (Å²) in [6.45, 7) is 0.982. The Morgan fingerprint density at radius 3 is 2.80 bits per heavy atom. The van der Waals surface area contributed by atoms with E-state index in [9.17, 15) is 13.2 Å². The second-order valence-corrected chi connectivity index (χ2v) is 5.93. The molecule has 1 fully saturated rings. The third-order valence-electron chi connectivity index (χ3n) is 4.31. The molecule has 2 aromatic rings. The molecule has 1 atom stereocenters. The van der Waals surface area contributed by atoms with Gasteiger partial charge in [-0.25, -0.2) is 0 Å². The van der Waals surface area contributed by atoms with Crippen molar-refractivity contribution in [1.29, 1.82) is 5.26 Å². The summed E-state index contributed by atoms with van der Waals surface area (Å²) in [5.41, 5.74) is -0.830. The van der Waals surface area contributed by atoms with Crippen LogP contribution in [0.1, 0.15) is 41.5 Å². The fourth-order valence-corrected chi connectivity index (χ4v) is 3.21. The molecular formula is C18H17F3N2O2. The molecule has 0 saturated carbocycles. The van der Waals surface area contributed by atoms with Gasteiger partial charge in [-0.15, -0.1) is 0 Å². The maximum Gasteiger partial charge on any atom is 0.417 e. The van der Waals surface area contributed by atoms with E-state index in [2.05, 4.69) is 0 Å². The smallest absolute Gasteiger partial charge is 0.417 e. The number of anilines is 1. The highest BCUT2D eigenvalue weighted by atomic mass is 19.4. The summed E-state index contributed by atoms with van der Waals surface area (Å²) in [5.74, 6) is 1.39. The Morgan fingerprint density at radius 1 is 1.32 bits per heavy atom. The Bertz CT molecular complexity index is 792. The van der Waals surface area contributed by atoms with Crippen LogP contribution < -0.4 is 4.90 Å². The predicted molar refractivity (Wildman–Crippen MR) is 84.9 cm³/mol. The van der Waals surface area contributed by atoms with Crippen LogP contribution in [0.5, 0.6) is 0 Å². The average Bonchev–Trinajstić information content (AvgIpc) is 3.22. The highest BCUT2D eigenvalue weighted by Gasteiger charge is 2.36. The quantitative estimate of drug-likeness (QED) is 0.805. The molecule has 0 amide bonds. The largest absolute Gasteiger partial charge is 0.461 e. The lowest BCUT2D eigenvalue weighted by molar-refractivity contribution is -0.137. The summed E-state index contributed by atoms with van der Waals surface area (Å²) >= 11 is 0. The summed E-state index contributed by atoms with van der Waals surface area (Å²) in [5, 5.41) is 8.93. The number of nitrogens with zero attached hydrogens (tertiary/aromatic N) is 2. The number of hydrogen-bond donors (Lipinski definition) is 0. The van der Waals surface area contributed by atoms with E-state index in [1.807, 2.05) is 17.0 Å². The van der Waals surface area contributed by atoms with Gasteiger partial charge in [0.25, 0.3) is 0 Å². The number of hydrogen-bond acceptors (Lipinski definition) is 4. The number of rotatable bonds is 4. The summed E-state index contributed by atoms with van der Waals surface area (Å²) < 4.78 is 50.4. The number of ether oxygens (including phenoxy) is 1. The van der Waals surface area contributed by atoms with Gasteiger partial charge < -0.3 is 14.1 Å². The van der Waals surface area contributed by atoms with Gasteiger partial charge in [0.15, 0.2) is 0 Å². The zero-order chi connectivity index (χ0) is 18.0. The molecule has 3 rings (SSSR count). The highest BCUT2D eigenvalue weighted by molar-refractivity contribution is 5.56. The Labute approximate surface area is 143 Å². The lowest BCUT2D eigenvalue weighted by atomic mass is 10.1. The van der Waals surface area contributed by atoms with Gasteiger partial charge in [-0.05, 0) is 43.2 Å². The highest BCUT2D eigenvalue weighted by Crippen LogP contribution is 2.40. The predicted octanol–water partition coefficient (Wildman–Crippen LogP) is 4.66. The van der Waals surface area contributed by atoms with Gasteiger partial charge in [-0.3, -0.25) is 0 Å². The number of halogens is 3. The molecule has 132 valence electrons. The molecule has 4 nitrogen and oxygen atoms in total. The Balaban J connectivity index is 1.93. The van der Waals surface area contributed by atoms with E-state index in [0.717, 1.165) is 18.9 Å². The van der Waals surface area contributed by atoms with E-state index in [0.29, 0.717) is 30.4 Å². The van der Waals surface area contributed by atoms with Crippen molar-refractivity contribution in [2.75, 3.05) is 18.6 Å². The summed E-state index contributed by atoms with van der Waals surface area (Å²) in [6, 6.07) is 8.98. The number of methoxy groups -OCH3 is 1. The molecule has 25 heavy (non-hydrogen) atoms. The van der Waals surface area contributed by atoms with Crippen LogP contribution in [0.25, 0.3) is 0 Å². The van der Waals surface area contributed by atoms with Crippen LogP contribution in [0.4, 0.5) is 18.9 Å². The van der Waals surface area contributed by atoms with Crippen LogP contribution in [-0.4, -0.2) is 13.7 Å². The second-order valence-electron chi connectivity index (χ2n) is 5.93. The van der Waals surface area contributed by atoms with Crippen molar-refractivity contribution >= 4 is 5.69 Å². The first-order valence-electron chi connectivity index (χ1n) is 7.89. The van der Waals surface area contributed by atoms with E-state index in [1.54, 1.807) is 19.2 Å². The first-order valence-corrected chi connectivity index (χ1v) is 7.89. The van der Waals surface area contributed by atoms with Crippen LogP contribution in [0.2, 0.25) is 0 Å². The molecule has 2 heterocycles. The molecule has 7 heteroatoms. The molecule has 0 bridgehead atoms. The second kappa shape index (κ2) is 6.81. The summed E-state index contributed by atoms with van der Waals surface area (Å²) in [4.78, 5) is 1.89. The van der Waals surface area contributed by atoms with Crippen molar-refractivity contribution in [3.63, 3.8) is 0 Å². The third kappa shape index (κ3) is 3.49. The van der Waals surface area contributed by atoms with Crippen LogP contribution in [0.15, 0.2) is 34.7 Å². The van der Waals surface area contributed by atoms with Crippen LogP contribution >= 0.6 is 0 Å². The van der Waals surface area contributed by atoms with Crippen LogP contribution in [0, 0.1) is 11.3 Å². The normalized spacial score (nSPS) is 17.7. The van der Waals surface area contributed by atoms with Crippen molar-refractivity contribution < 1.29 is 22.3 Å². The maximum atomic E-state index is 13.2. The van der Waals surface area contributed by atoms with Crippen LogP contribution in [0.3, 0.4) is 0 Å². The molecule has 1 saturated heterocycles. The maximum absolute atomic E-state index is 13.2. The fraction of sp³-hybridized carbons (Fsp3) is 0.389. The van der Waals surface area contributed by atoms with Crippen molar-refractivity contribution in [3.05, 3.63) is 53.0 Å². The van der Waals surface area contributed by atoms with E-state index in [4.69, 9.17) is 14.4 Å². The van der Waals surface area contributed by atoms with E-state index in [1.165, 1.54) is 6.07 Å². The van der Waals surface area contributed by atoms with Crippen molar-refractivity contribution in [2.45, 2.75) is 31.7 Å². The summed E-state index contributed by atoms with van der Waals surface area (Å²) in [6.07, 6.45) is -2.92. The minimum absolute atomic E-state index is 0.125. The standard InChI is InChI=1S/C18H17F3N2O2/c1-24-11-14-6-7-17(25-14)16-3-2-8-23(16)13-5-4-12(10-22)15(9-13)18(19,20)21/h4-7,9,16H,2-3,8,11H2,1H3/t16-/m1/s1. The lowest BCUT2D eigenvalue weighted by Crippen LogP contribution is -2.23. The molecule has 0 aliphatic carbocycles. The topological polar surface area (TPSA) is 49.4 Å². The van der Waals surface area contributed by atoms with Gasteiger partial charge in [0.1, 0.15) is 18.1 Å². The zero-order valence-electron chi connectivity index (χ0n) is 13.6. The number of nitriles is 1. The molecule has 0 radical (unpaired) electrons. The molecular weight excluding hydrogens is 333 g/mol. The van der Waals surface area contributed by atoms with Gasteiger partial charge >= 0.3 is 6.18 Å². The van der Waals surface area contributed by atoms with Crippen molar-refractivity contribution in [1.82, 2.24) is 0 Å². The average molecular weight is 350 g/mol. The molecule has 1 aliphatic heterocycles. The monoisotopic (exact) mass is 350 g/mol. The minimum atomic E-state index is -4.56. The molecule has 1 aromatic carbocycles. The SMILES string of the molecule is COCc1ccc([C@H]2CCCN2c2ccc(C#N)c(C(F)(F)F)c2)o1. The van der Waals surface area contributed by atoms with E-state index >= 15 is 0 Å². The third-order valence-corrected chi connectivity index (χ3v) is 4.31. The van der Waals surface area contributed by atoms with Gasteiger partial charge in [0.2, 0.25) is 0 Å². The van der Waals surface area contributed by atoms with Gasteiger partial charge in [-0.2, -0.15) is 18.4 Å². The van der Waals surface area contributed by atoms with Crippen molar-refractivity contribution in [3.8, 4) is 6.07 Å². The van der Waals surface area contributed by atoms with Gasteiger partial charge in [-0.1, -0.05) is 0 Å². The molecule has 0 unspecified atom stereocenters. The first-order chi connectivity index (χ1) is 11.9. The fourth-order valence-electron chi connectivity index (χ4n) is 3.21. The van der Waals surface area contributed by atoms with Gasteiger partial charge in [0, 0.05) is 19.3 Å². The lowest BCUT2D eigenvalue weighted by Gasteiger charge is -2.26. The molecule has 1 aliphatic rings. The number of alkyl halides is 3. The van der Waals surface area contributed by atoms with Crippen LogP contribution in [-0.2, 0) is 17.5 Å². The summed E-state index contributed by atoms with van der Waals surface area (Å²) in [7, 11) is 1.57. The Kier molecular flexibility index (Phi) is 4.73. The van der Waals surface area contributed by atoms with E-state index in [-0.39, 0.29) is 11.6 Å². The van der Waals surface area contributed by atoms with Crippen molar-refractivity contribution in [2.24, 2.45) is 0 Å².